The molecule has 0 saturated carbocycles. The van der Waals surface area contributed by atoms with E-state index in [0.29, 0.717) is 60.9 Å². The van der Waals surface area contributed by atoms with Gasteiger partial charge >= 0.3 is 0 Å². The van der Waals surface area contributed by atoms with Gasteiger partial charge in [0.1, 0.15) is 18.2 Å². The third-order valence-electron chi connectivity index (χ3n) is 5.98. The average Bonchev–Trinajstić information content (AvgIpc) is 3.50. The SMILES string of the molecule is O=C1CCc2c(F)cc(N3CCC(Oc4ccc(OCC5CCCO5)nc4)C3=O)cc21. The number of hydrogen-bond donors (Lipinski definition) is 0. The summed E-state index contributed by atoms with van der Waals surface area (Å²) in [6.45, 7) is 1.63. The van der Waals surface area contributed by atoms with Crippen LogP contribution in [0.4, 0.5) is 10.1 Å². The monoisotopic (exact) mass is 426 g/mol. The largest absolute Gasteiger partial charge is 0.479 e. The molecule has 0 bridgehead atoms. The topological polar surface area (TPSA) is 78.0 Å². The molecule has 2 aliphatic heterocycles. The van der Waals surface area contributed by atoms with Crippen LogP contribution in [0.1, 0.15) is 41.6 Å². The van der Waals surface area contributed by atoms with Crippen molar-refractivity contribution in [1.82, 2.24) is 4.98 Å². The number of rotatable bonds is 6. The molecule has 1 amide bonds. The maximum atomic E-state index is 14.4. The van der Waals surface area contributed by atoms with E-state index < -0.39 is 11.9 Å². The number of ether oxygens (including phenoxy) is 3. The first-order valence-corrected chi connectivity index (χ1v) is 10.6. The molecule has 0 radical (unpaired) electrons. The van der Waals surface area contributed by atoms with Crippen molar-refractivity contribution >= 4 is 17.4 Å². The van der Waals surface area contributed by atoms with Crippen molar-refractivity contribution in [3.05, 3.63) is 47.4 Å². The van der Waals surface area contributed by atoms with Crippen LogP contribution < -0.4 is 14.4 Å². The molecule has 0 N–H and O–H groups in total. The van der Waals surface area contributed by atoms with E-state index >= 15 is 0 Å². The average molecular weight is 426 g/mol. The maximum absolute atomic E-state index is 14.4. The Hall–Kier alpha value is -3.00. The number of pyridine rings is 1. The summed E-state index contributed by atoms with van der Waals surface area (Å²) in [6, 6.07) is 6.36. The first kappa shape index (κ1) is 19.9. The third kappa shape index (κ3) is 3.99. The molecule has 3 aliphatic rings. The van der Waals surface area contributed by atoms with Gasteiger partial charge in [-0.3, -0.25) is 9.59 Å². The van der Waals surface area contributed by atoms with Gasteiger partial charge < -0.3 is 19.1 Å². The molecule has 2 fully saturated rings. The number of fused-ring (bicyclic) bond motifs is 1. The summed E-state index contributed by atoms with van der Waals surface area (Å²) in [7, 11) is 0. The number of aromatic nitrogens is 1. The van der Waals surface area contributed by atoms with E-state index in [9.17, 15) is 14.0 Å². The number of ketones is 1. The smallest absolute Gasteiger partial charge is 0.268 e. The van der Waals surface area contributed by atoms with E-state index in [0.717, 1.165) is 19.4 Å². The standard InChI is InChI=1S/C23H23FN2O5/c24-19-11-14(10-18-17(19)4-5-20(18)27)26-8-7-21(23(26)28)31-15-3-6-22(25-12-15)30-13-16-2-1-9-29-16/h3,6,10-12,16,21H,1-2,4-5,7-9,13H2. The van der Waals surface area contributed by atoms with Crippen molar-refractivity contribution in [2.24, 2.45) is 0 Å². The zero-order valence-electron chi connectivity index (χ0n) is 17.0. The van der Waals surface area contributed by atoms with Crippen molar-refractivity contribution in [2.75, 3.05) is 24.7 Å². The lowest BCUT2D eigenvalue weighted by Gasteiger charge is -2.18. The van der Waals surface area contributed by atoms with Gasteiger partial charge in [-0.05, 0) is 43.0 Å². The molecular formula is C23H23FN2O5. The summed E-state index contributed by atoms with van der Waals surface area (Å²) in [5, 5.41) is 0. The van der Waals surface area contributed by atoms with Crippen LogP contribution in [0.3, 0.4) is 0 Å². The Bertz CT molecular complexity index is 1000. The summed E-state index contributed by atoms with van der Waals surface area (Å²) < 4.78 is 31.4. The van der Waals surface area contributed by atoms with Gasteiger partial charge in [0.25, 0.3) is 5.91 Å². The van der Waals surface area contributed by atoms with E-state index in [1.807, 2.05) is 0 Å². The lowest BCUT2D eigenvalue weighted by atomic mass is 10.1. The fraction of sp³-hybridized carbons (Fsp3) is 0.435. The van der Waals surface area contributed by atoms with Crippen LogP contribution in [-0.4, -0.2) is 48.6 Å². The highest BCUT2D eigenvalue weighted by Crippen LogP contribution is 2.32. The Kier molecular flexibility index (Phi) is 5.31. The van der Waals surface area contributed by atoms with E-state index in [1.54, 1.807) is 18.2 Å². The van der Waals surface area contributed by atoms with Gasteiger partial charge in [0.15, 0.2) is 11.9 Å². The molecule has 1 aromatic heterocycles. The molecule has 0 spiro atoms. The number of amides is 1. The molecule has 2 aromatic rings. The van der Waals surface area contributed by atoms with Crippen LogP contribution in [0.25, 0.3) is 0 Å². The highest BCUT2D eigenvalue weighted by atomic mass is 19.1. The number of anilines is 1. The van der Waals surface area contributed by atoms with Gasteiger partial charge in [0.05, 0.1) is 12.3 Å². The van der Waals surface area contributed by atoms with Crippen molar-refractivity contribution < 1.29 is 28.2 Å². The molecular weight excluding hydrogens is 403 g/mol. The second-order valence-corrected chi connectivity index (χ2v) is 8.04. The second kappa shape index (κ2) is 8.26. The summed E-state index contributed by atoms with van der Waals surface area (Å²) in [5.74, 6) is 0.158. The van der Waals surface area contributed by atoms with Crippen LogP contribution in [0.15, 0.2) is 30.5 Å². The third-order valence-corrected chi connectivity index (χ3v) is 5.98. The molecule has 3 heterocycles. The molecule has 8 heteroatoms. The van der Waals surface area contributed by atoms with Crippen LogP contribution in [0, 0.1) is 5.82 Å². The Labute approximate surface area is 179 Å². The number of carbonyl (C=O) groups is 2. The Morgan fingerprint density at radius 3 is 2.87 bits per heavy atom. The fourth-order valence-corrected chi connectivity index (χ4v) is 4.31. The maximum Gasteiger partial charge on any atom is 0.268 e. The van der Waals surface area contributed by atoms with Gasteiger partial charge in [-0.25, -0.2) is 9.37 Å². The second-order valence-electron chi connectivity index (χ2n) is 8.04. The molecule has 2 atom stereocenters. The quantitative estimate of drug-likeness (QED) is 0.707. The molecule has 162 valence electrons. The highest BCUT2D eigenvalue weighted by Gasteiger charge is 2.36. The number of benzene rings is 1. The van der Waals surface area contributed by atoms with E-state index in [4.69, 9.17) is 14.2 Å². The summed E-state index contributed by atoms with van der Waals surface area (Å²) >= 11 is 0. The van der Waals surface area contributed by atoms with E-state index in [2.05, 4.69) is 4.98 Å². The van der Waals surface area contributed by atoms with Crippen LogP contribution in [-0.2, 0) is 16.0 Å². The zero-order valence-corrected chi connectivity index (χ0v) is 17.0. The number of halogens is 1. The fourth-order valence-electron chi connectivity index (χ4n) is 4.31. The van der Waals surface area contributed by atoms with Crippen molar-refractivity contribution in [2.45, 2.75) is 44.3 Å². The van der Waals surface area contributed by atoms with E-state index in [1.165, 1.54) is 17.2 Å². The van der Waals surface area contributed by atoms with Gasteiger partial charge in [-0.1, -0.05) is 0 Å². The molecule has 5 rings (SSSR count). The Balaban J connectivity index is 1.22. The zero-order chi connectivity index (χ0) is 21.4. The number of Topliss-reactive ketones (excluding diaryl/α,β-unsaturated/α-hetero) is 1. The van der Waals surface area contributed by atoms with E-state index in [-0.39, 0.29) is 17.8 Å². The lowest BCUT2D eigenvalue weighted by molar-refractivity contribution is -0.122. The molecule has 7 nitrogen and oxygen atoms in total. The number of carbonyl (C=O) groups excluding carboxylic acids is 2. The van der Waals surface area contributed by atoms with Gasteiger partial charge in [-0.2, -0.15) is 0 Å². The first-order valence-electron chi connectivity index (χ1n) is 10.6. The van der Waals surface area contributed by atoms with Crippen LogP contribution >= 0.6 is 0 Å². The van der Waals surface area contributed by atoms with Gasteiger partial charge in [0, 0.05) is 43.3 Å². The Morgan fingerprint density at radius 2 is 2.10 bits per heavy atom. The molecule has 1 aliphatic carbocycles. The minimum absolute atomic E-state index is 0.0805. The number of nitrogens with zero attached hydrogens (tertiary/aromatic N) is 2. The highest BCUT2D eigenvalue weighted by molar-refractivity contribution is 6.04. The summed E-state index contributed by atoms with van der Waals surface area (Å²) in [5.41, 5.74) is 1.23. The predicted octanol–water partition coefficient (Wildman–Crippen LogP) is 3.09. The first-order chi connectivity index (χ1) is 15.1. The molecule has 2 unspecified atom stereocenters. The molecule has 2 saturated heterocycles. The summed E-state index contributed by atoms with van der Waals surface area (Å²) in [4.78, 5) is 30.6. The van der Waals surface area contributed by atoms with Gasteiger partial charge in [0.2, 0.25) is 5.88 Å². The van der Waals surface area contributed by atoms with Crippen LogP contribution in [0.5, 0.6) is 11.6 Å². The molecule has 31 heavy (non-hydrogen) atoms. The normalized spacial score (nSPS) is 22.8. The van der Waals surface area contributed by atoms with Crippen molar-refractivity contribution in [3.8, 4) is 11.6 Å². The van der Waals surface area contributed by atoms with Crippen molar-refractivity contribution in [1.29, 1.82) is 0 Å². The predicted molar refractivity (Wildman–Crippen MR) is 109 cm³/mol. The van der Waals surface area contributed by atoms with Crippen LogP contribution in [0.2, 0.25) is 0 Å². The summed E-state index contributed by atoms with van der Waals surface area (Å²) in [6.07, 6.45) is 4.18. The minimum Gasteiger partial charge on any atom is -0.479 e. The minimum atomic E-state index is -0.688. The Morgan fingerprint density at radius 1 is 1.19 bits per heavy atom. The van der Waals surface area contributed by atoms with Crippen molar-refractivity contribution in [3.63, 3.8) is 0 Å². The number of hydrogen-bond acceptors (Lipinski definition) is 6. The lowest BCUT2D eigenvalue weighted by Crippen LogP contribution is -2.32. The molecule has 1 aromatic carbocycles. The van der Waals surface area contributed by atoms with Gasteiger partial charge in [-0.15, -0.1) is 0 Å².